The van der Waals surface area contributed by atoms with E-state index in [0.29, 0.717) is 5.92 Å². The average Bonchev–Trinajstić information content (AvgIpc) is 2.63. The molecule has 2 aliphatic rings. The number of hydrogen-bond donors (Lipinski definition) is 1. The van der Waals surface area contributed by atoms with Crippen LogP contribution in [0.15, 0.2) is 24.3 Å². The summed E-state index contributed by atoms with van der Waals surface area (Å²) in [6.45, 7) is 12.4. The molecule has 1 aliphatic heterocycles. The highest BCUT2D eigenvalue weighted by Gasteiger charge is 2.38. The van der Waals surface area contributed by atoms with Gasteiger partial charge in [-0.15, -0.1) is 0 Å². The van der Waals surface area contributed by atoms with Crippen molar-refractivity contribution >= 4 is 0 Å². The zero-order valence-corrected chi connectivity index (χ0v) is 18.7. The fraction of sp³-hybridized carbons (Fsp3) is 0.760. The van der Waals surface area contributed by atoms with E-state index in [4.69, 9.17) is 0 Å². The molecule has 0 amide bonds. The molecule has 1 aliphatic carbocycles. The van der Waals surface area contributed by atoms with Crippen molar-refractivity contribution in [2.24, 2.45) is 5.92 Å². The first-order valence-electron chi connectivity index (χ1n) is 11.5. The molecule has 2 unspecified atom stereocenters. The van der Waals surface area contributed by atoms with Gasteiger partial charge in [0.25, 0.3) is 0 Å². The predicted molar refractivity (Wildman–Crippen MR) is 119 cm³/mol. The standard InChI is InChI=1S/C25H42N2O/c1-24(2,3)22-12-10-21(11-13-22)19-25(28)14-8-6-5-7-9-23(25)20-27-17-15-26(4)16-18-27/h10-13,23,28H,5-9,14-20H2,1-4H3. The van der Waals surface area contributed by atoms with Gasteiger partial charge in [-0.2, -0.15) is 0 Å². The number of rotatable bonds is 4. The van der Waals surface area contributed by atoms with E-state index in [1.165, 1.54) is 36.8 Å². The van der Waals surface area contributed by atoms with Crippen LogP contribution < -0.4 is 0 Å². The Balaban J connectivity index is 1.72. The molecule has 3 rings (SSSR count). The minimum absolute atomic E-state index is 0.180. The highest BCUT2D eigenvalue weighted by Crippen LogP contribution is 2.36. The Morgan fingerprint density at radius 2 is 1.61 bits per heavy atom. The molecular formula is C25H42N2O. The molecular weight excluding hydrogens is 344 g/mol. The maximum absolute atomic E-state index is 11.9. The third kappa shape index (κ3) is 5.81. The van der Waals surface area contributed by atoms with Crippen molar-refractivity contribution in [2.75, 3.05) is 39.8 Å². The quantitative estimate of drug-likeness (QED) is 0.827. The van der Waals surface area contributed by atoms with Gasteiger partial charge in [0.05, 0.1) is 5.60 Å². The molecule has 2 fully saturated rings. The van der Waals surface area contributed by atoms with Crippen molar-refractivity contribution in [3.8, 4) is 0 Å². The molecule has 1 aromatic rings. The smallest absolute Gasteiger partial charge is 0.0728 e. The third-order valence-corrected chi connectivity index (χ3v) is 7.08. The maximum Gasteiger partial charge on any atom is 0.0728 e. The van der Waals surface area contributed by atoms with Gasteiger partial charge in [-0.25, -0.2) is 0 Å². The molecule has 158 valence electrons. The molecule has 0 bridgehead atoms. The van der Waals surface area contributed by atoms with Gasteiger partial charge in [-0.1, -0.05) is 70.7 Å². The van der Waals surface area contributed by atoms with E-state index in [1.807, 2.05) is 0 Å². The van der Waals surface area contributed by atoms with E-state index in [9.17, 15) is 5.11 Å². The van der Waals surface area contributed by atoms with E-state index in [-0.39, 0.29) is 5.41 Å². The molecule has 2 atom stereocenters. The molecule has 28 heavy (non-hydrogen) atoms. The lowest BCUT2D eigenvalue weighted by Gasteiger charge is -2.42. The fourth-order valence-electron chi connectivity index (χ4n) is 4.96. The zero-order valence-electron chi connectivity index (χ0n) is 18.7. The van der Waals surface area contributed by atoms with Crippen molar-refractivity contribution < 1.29 is 5.11 Å². The second-order valence-electron chi connectivity index (χ2n) is 10.5. The Kier molecular flexibility index (Phi) is 7.22. The van der Waals surface area contributed by atoms with Crippen LogP contribution in [0.2, 0.25) is 0 Å². The average molecular weight is 387 g/mol. The van der Waals surface area contributed by atoms with Crippen LogP contribution >= 0.6 is 0 Å². The van der Waals surface area contributed by atoms with E-state index in [0.717, 1.165) is 52.0 Å². The highest BCUT2D eigenvalue weighted by molar-refractivity contribution is 5.28. The molecule has 1 N–H and O–H groups in total. The van der Waals surface area contributed by atoms with Crippen molar-refractivity contribution in [2.45, 2.75) is 76.7 Å². The Hall–Kier alpha value is -0.900. The van der Waals surface area contributed by atoms with Gasteiger partial charge in [0.2, 0.25) is 0 Å². The van der Waals surface area contributed by atoms with Crippen LogP contribution in [0.5, 0.6) is 0 Å². The van der Waals surface area contributed by atoms with Crippen molar-refractivity contribution in [1.82, 2.24) is 9.80 Å². The summed E-state index contributed by atoms with van der Waals surface area (Å²) >= 11 is 0. The topological polar surface area (TPSA) is 26.7 Å². The van der Waals surface area contributed by atoms with Gasteiger partial charge in [0.15, 0.2) is 0 Å². The van der Waals surface area contributed by atoms with Crippen molar-refractivity contribution in [1.29, 1.82) is 0 Å². The number of likely N-dealkylation sites (N-methyl/N-ethyl adjacent to an activating group) is 1. The number of piperazine rings is 1. The molecule has 3 heteroatoms. The third-order valence-electron chi connectivity index (χ3n) is 7.08. The van der Waals surface area contributed by atoms with Crippen LogP contribution in [0.25, 0.3) is 0 Å². The van der Waals surface area contributed by atoms with Crippen molar-refractivity contribution in [3.63, 3.8) is 0 Å². The normalized spacial score (nSPS) is 28.7. The van der Waals surface area contributed by atoms with Gasteiger partial charge < -0.3 is 14.9 Å². The van der Waals surface area contributed by atoms with Crippen LogP contribution in [0.3, 0.4) is 0 Å². The summed E-state index contributed by atoms with van der Waals surface area (Å²) in [6.07, 6.45) is 7.95. The van der Waals surface area contributed by atoms with Crippen LogP contribution in [-0.2, 0) is 11.8 Å². The van der Waals surface area contributed by atoms with E-state index in [2.05, 4.69) is 61.9 Å². The predicted octanol–water partition coefficient (Wildman–Crippen LogP) is 4.48. The van der Waals surface area contributed by atoms with Crippen LogP contribution in [0.4, 0.5) is 0 Å². The monoisotopic (exact) mass is 386 g/mol. The van der Waals surface area contributed by atoms with E-state index in [1.54, 1.807) is 0 Å². The summed E-state index contributed by atoms with van der Waals surface area (Å²) in [5.74, 6) is 0.387. The molecule has 1 saturated heterocycles. The Labute approximate surface area is 173 Å². The van der Waals surface area contributed by atoms with Crippen LogP contribution in [0, 0.1) is 5.92 Å². The number of aliphatic hydroxyl groups is 1. The molecule has 0 radical (unpaired) electrons. The summed E-state index contributed by atoms with van der Waals surface area (Å²) in [4.78, 5) is 5.01. The Bertz CT molecular complexity index is 598. The van der Waals surface area contributed by atoms with Gasteiger partial charge in [0, 0.05) is 45.1 Å². The van der Waals surface area contributed by atoms with Crippen molar-refractivity contribution in [3.05, 3.63) is 35.4 Å². The summed E-state index contributed by atoms with van der Waals surface area (Å²) in [6, 6.07) is 9.03. The molecule has 1 heterocycles. The zero-order chi connectivity index (χ0) is 20.2. The van der Waals surface area contributed by atoms with Gasteiger partial charge in [0.1, 0.15) is 0 Å². The molecule has 1 saturated carbocycles. The second-order valence-corrected chi connectivity index (χ2v) is 10.5. The summed E-state index contributed by atoms with van der Waals surface area (Å²) in [7, 11) is 2.21. The van der Waals surface area contributed by atoms with Gasteiger partial charge in [-0.05, 0) is 36.4 Å². The number of nitrogens with zero attached hydrogens (tertiary/aromatic N) is 2. The SMILES string of the molecule is CN1CCN(CC2CCCCCCC2(O)Cc2ccc(C(C)(C)C)cc2)CC1. The lowest BCUT2D eigenvalue weighted by atomic mass is 9.74. The fourth-order valence-corrected chi connectivity index (χ4v) is 4.96. The molecule has 1 aromatic carbocycles. The lowest BCUT2D eigenvalue weighted by Crippen LogP contribution is -2.51. The Morgan fingerprint density at radius 1 is 0.964 bits per heavy atom. The summed E-state index contributed by atoms with van der Waals surface area (Å²) < 4.78 is 0. The van der Waals surface area contributed by atoms with Gasteiger partial charge in [-0.3, -0.25) is 0 Å². The Morgan fingerprint density at radius 3 is 2.25 bits per heavy atom. The van der Waals surface area contributed by atoms with E-state index < -0.39 is 5.60 Å². The lowest BCUT2D eigenvalue weighted by molar-refractivity contribution is -0.0512. The minimum atomic E-state index is -0.562. The highest BCUT2D eigenvalue weighted by atomic mass is 16.3. The summed E-state index contributed by atoms with van der Waals surface area (Å²) in [5.41, 5.74) is 2.28. The largest absolute Gasteiger partial charge is 0.389 e. The second kappa shape index (κ2) is 9.28. The first kappa shape index (κ1) is 21.8. The molecule has 0 spiro atoms. The first-order valence-corrected chi connectivity index (χ1v) is 11.5. The maximum atomic E-state index is 11.9. The first-order chi connectivity index (χ1) is 13.3. The number of hydrogen-bond acceptors (Lipinski definition) is 3. The van der Waals surface area contributed by atoms with Crippen LogP contribution in [0.1, 0.15) is 70.4 Å². The van der Waals surface area contributed by atoms with Gasteiger partial charge >= 0.3 is 0 Å². The molecule has 3 nitrogen and oxygen atoms in total. The van der Waals surface area contributed by atoms with E-state index >= 15 is 0 Å². The summed E-state index contributed by atoms with van der Waals surface area (Å²) in [5, 5.41) is 11.9. The minimum Gasteiger partial charge on any atom is -0.389 e. The van der Waals surface area contributed by atoms with Crippen LogP contribution in [-0.4, -0.2) is 60.3 Å². The molecule has 0 aromatic heterocycles. The number of benzene rings is 1.